The molecular formula is C17H23BClN3O7. The zero-order chi connectivity index (χ0) is 20.4. The molecule has 0 aromatic heterocycles. The SMILES string of the molecule is CNC(=O)C[C@@H](N)C(=O)N1CC(Oc2ccc3c(c2C(=O)O)OB(O)CC3)C1.Cl. The molecular weight excluding hydrogens is 404 g/mol. The minimum absolute atomic E-state index is 0. The van der Waals surface area contributed by atoms with Crippen LogP contribution in [0.1, 0.15) is 22.3 Å². The van der Waals surface area contributed by atoms with Crippen molar-refractivity contribution in [2.24, 2.45) is 5.73 Å². The average molecular weight is 428 g/mol. The number of ether oxygens (including phenoxy) is 1. The van der Waals surface area contributed by atoms with E-state index in [9.17, 15) is 24.5 Å². The fraction of sp³-hybridized carbons (Fsp3) is 0.471. The number of nitrogens with zero attached hydrogens (tertiary/aromatic N) is 1. The van der Waals surface area contributed by atoms with E-state index in [1.165, 1.54) is 11.9 Å². The second-order valence-electron chi connectivity index (χ2n) is 6.81. The van der Waals surface area contributed by atoms with Gasteiger partial charge in [0.25, 0.3) is 0 Å². The molecule has 0 unspecified atom stereocenters. The highest BCUT2D eigenvalue weighted by Gasteiger charge is 2.37. The molecule has 1 aromatic carbocycles. The maximum atomic E-state index is 12.2. The summed E-state index contributed by atoms with van der Waals surface area (Å²) in [6.45, 7) is 0.472. The van der Waals surface area contributed by atoms with Crippen molar-refractivity contribution in [1.29, 1.82) is 0 Å². The number of hydrogen-bond donors (Lipinski definition) is 4. The van der Waals surface area contributed by atoms with Crippen molar-refractivity contribution in [3.8, 4) is 11.5 Å². The van der Waals surface area contributed by atoms with Gasteiger partial charge in [-0.05, 0) is 24.4 Å². The summed E-state index contributed by atoms with van der Waals surface area (Å²) in [5.74, 6) is -1.67. The lowest BCUT2D eigenvalue weighted by Crippen LogP contribution is -2.60. The molecule has 2 heterocycles. The van der Waals surface area contributed by atoms with Crippen molar-refractivity contribution in [3.63, 3.8) is 0 Å². The molecule has 0 spiro atoms. The molecule has 2 aliphatic rings. The number of carboxylic acids is 1. The Morgan fingerprint density at radius 2 is 2.10 bits per heavy atom. The van der Waals surface area contributed by atoms with Gasteiger partial charge in [0.05, 0.1) is 25.6 Å². The number of aromatic carboxylic acids is 1. The molecule has 0 radical (unpaired) electrons. The van der Waals surface area contributed by atoms with Crippen molar-refractivity contribution in [2.45, 2.75) is 31.3 Å². The molecule has 0 saturated carbocycles. The van der Waals surface area contributed by atoms with E-state index >= 15 is 0 Å². The Kier molecular flexibility index (Phi) is 7.34. The monoisotopic (exact) mass is 427 g/mol. The lowest BCUT2D eigenvalue weighted by Gasteiger charge is -2.40. The Bertz CT molecular complexity index is 803. The van der Waals surface area contributed by atoms with Crippen LogP contribution in [0.3, 0.4) is 0 Å². The van der Waals surface area contributed by atoms with Crippen LogP contribution in [-0.2, 0) is 16.0 Å². The first-order valence-corrected chi connectivity index (χ1v) is 8.95. The predicted octanol–water partition coefficient (Wildman–Crippen LogP) is -0.725. The molecule has 29 heavy (non-hydrogen) atoms. The minimum atomic E-state index is -1.22. The van der Waals surface area contributed by atoms with Gasteiger partial charge in [-0.3, -0.25) is 9.59 Å². The van der Waals surface area contributed by atoms with E-state index in [4.69, 9.17) is 15.1 Å². The predicted molar refractivity (Wildman–Crippen MR) is 105 cm³/mol. The van der Waals surface area contributed by atoms with Gasteiger partial charge in [-0.25, -0.2) is 4.79 Å². The van der Waals surface area contributed by atoms with E-state index in [2.05, 4.69) is 5.32 Å². The van der Waals surface area contributed by atoms with Crippen LogP contribution < -0.4 is 20.4 Å². The fourth-order valence-corrected chi connectivity index (χ4v) is 3.21. The van der Waals surface area contributed by atoms with E-state index in [0.717, 1.165) is 0 Å². The van der Waals surface area contributed by atoms with E-state index in [0.29, 0.717) is 18.3 Å². The average Bonchev–Trinajstić information content (AvgIpc) is 2.62. The molecule has 0 aliphatic carbocycles. The molecule has 0 bridgehead atoms. The highest BCUT2D eigenvalue weighted by molar-refractivity contribution is 6.44. The number of aryl methyl sites for hydroxylation is 1. The summed E-state index contributed by atoms with van der Waals surface area (Å²) in [4.78, 5) is 36.7. The number of likely N-dealkylation sites (tertiary alicyclic amines) is 1. The highest BCUT2D eigenvalue weighted by atomic mass is 35.5. The maximum absolute atomic E-state index is 12.2. The number of fused-ring (bicyclic) bond motifs is 1. The topological polar surface area (TPSA) is 151 Å². The number of carboxylic acid groups (broad SMARTS) is 1. The first-order valence-electron chi connectivity index (χ1n) is 8.95. The minimum Gasteiger partial charge on any atom is -0.535 e. The quantitative estimate of drug-likeness (QED) is 0.434. The van der Waals surface area contributed by atoms with Crippen LogP contribution in [0.5, 0.6) is 11.5 Å². The molecule has 1 atom stereocenters. The van der Waals surface area contributed by atoms with Gasteiger partial charge in [0.1, 0.15) is 23.2 Å². The van der Waals surface area contributed by atoms with Gasteiger partial charge < -0.3 is 35.5 Å². The second-order valence-corrected chi connectivity index (χ2v) is 6.81. The normalized spacial score (nSPS) is 16.5. The van der Waals surface area contributed by atoms with Gasteiger partial charge in [0.15, 0.2) is 0 Å². The number of nitrogens with two attached hydrogens (primary N) is 1. The Morgan fingerprint density at radius 3 is 2.72 bits per heavy atom. The zero-order valence-electron chi connectivity index (χ0n) is 15.8. The summed E-state index contributed by atoms with van der Waals surface area (Å²) >= 11 is 0. The number of halogens is 1. The first kappa shape index (κ1) is 22.8. The van der Waals surface area contributed by atoms with Crippen LogP contribution in [0.4, 0.5) is 0 Å². The fourth-order valence-electron chi connectivity index (χ4n) is 3.21. The van der Waals surface area contributed by atoms with Crippen LogP contribution in [0.25, 0.3) is 0 Å². The van der Waals surface area contributed by atoms with E-state index < -0.39 is 25.2 Å². The van der Waals surface area contributed by atoms with Gasteiger partial charge in [-0.15, -0.1) is 12.4 Å². The summed E-state index contributed by atoms with van der Waals surface area (Å²) in [5.41, 5.74) is 6.30. The van der Waals surface area contributed by atoms with Gasteiger partial charge in [-0.2, -0.15) is 0 Å². The van der Waals surface area contributed by atoms with Crippen molar-refractivity contribution in [3.05, 3.63) is 23.3 Å². The summed E-state index contributed by atoms with van der Waals surface area (Å²) in [7, 11) is 0.411. The van der Waals surface area contributed by atoms with Gasteiger partial charge in [0.2, 0.25) is 11.8 Å². The van der Waals surface area contributed by atoms with Gasteiger partial charge in [0, 0.05) is 7.05 Å². The van der Waals surface area contributed by atoms with E-state index in [1.807, 2.05) is 0 Å². The summed E-state index contributed by atoms with van der Waals surface area (Å²) in [6.07, 6.45) is 0.389. The van der Waals surface area contributed by atoms with Crippen LogP contribution in [-0.4, -0.2) is 72.2 Å². The third-order valence-electron chi connectivity index (χ3n) is 4.78. The molecule has 12 heteroatoms. The van der Waals surface area contributed by atoms with Gasteiger partial charge >= 0.3 is 13.1 Å². The Morgan fingerprint density at radius 1 is 1.41 bits per heavy atom. The molecule has 10 nitrogen and oxygen atoms in total. The highest BCUT2D eigenvalue weighted by Crippen LogP contribution is 2.37. The lowest BCUT2D eigenvalue weighted by molar-refractivity contribution is -0.143. The molecule has 1 saturated heterocycles. The van der Waals surface area contributed by atoms with Crippen LogP contribution in [0.2, 0.25) is 6.32 Å². The summed E-state index contributed by atoms with van der Waals surface area (Å²) < 4.78 is 11.1. The molecule has 3 rings (SSSR count). The molecule has 2 amide bonds. The zero-order valence-corrected chi connectivity index (χ0v) is 16.6. The number of amides is 2. The molecule has 1 aromatic rings. The second kappa shape index (κ2) is 9.34. The number of hydrogen-bond acceptors (Lipinski definition) is 7. The molecule has 158 valence electrons. The largest absolute Gasteiger partial charge is 0.535 e. The number of benzene rings is 1. The number of carbonyl (C=O) groups excluding carboxylic acids is 2. The molecule has 5 N–H and O–H groups in total. The Balaban J connectivity index is 0.00000300. The maximum Gasteiger partial charge on any atom is 0.522 e. The van der Waals surface area contributed by atoms with Crippen molar-refractivity contribution in [2.75, 3.05) is 20.1 Å². The molecule has 2 aliphatic heterocycles. The number of nitrogens with one attached hydrogen (secondary N) is 1. The summed E-state index contributed by atoms with van der Waals surface area (Å²) in [6, 6.07) is 2.34. The van der Waals surface area contributed by atoms with Crippen molar-refractivity contribution < 1.29 is 33.9 Å². The number of rotatable bonds is 6. The number of carbonyl (C=O) groups is 3. The van der Waals surface area contributed by atoms with E-state index in [1.54, 1.807) is 12.1 Å². The van der Waals surface area contributed by atoms with Gasteiger partial charge in [-0.1, -0.05) is 6.07 Å². The third kappa shape index (κ3) is 4.92. The first-order chi connectivity index (χ1) is 13.3. The van der Waals surface area contributed by atoms with Crippen molar-refractivity contribution in [1.82, 2.24) is 10.2 Å². The van der Waals surface area contributed by atoms with Crippen LogP contribution in [0, 0.1) is 0 Å². The van der Waals surface area contributed by atoms with Crippen LogP contribution >= 0.6 is 12.4 Å². The summed E-state index contributed by atoms with van der Waals surface area (Å²) in [5, 5.41) is 21.7. The Hall–Kier alpha value is -2.50. The van der Waals surface area contributed by atoms with E-state index in [-0.39, 0.29) is 60.8 Å². The molecule has 1 fully saturated rings. The van der Waals surface area contributed by atoms with Crippen molar-refractivity contribution >= 4 is 37.3 Å². The Labute approximate surface area is 173 Å². The van der Waals surface area contributed by atoms with Crippen LogP contribution in [0.15, 0.2) is 12.1 Å². The standard InChI is InChI=1S/C17H22BN3O7.ClH/c1-20-13(22)6-11(19)16(23)21-7-10(8-21)27-12-3-2-9-4-5-18(26)28-15(9)14(12)17(24)25;/h2-3,10-11,26H,4-8,19H2,1H3,(H,20,22)(H,24,25);1H/t11-;/m1./s1. The third-order valence-corrected chi connectivity index (χ3v) is 4.78. The smallest absolute Gasteiger partial charge is 0.522 e. The lowest BCUT2D eigenvalue weighted by atomic mass is 9.78.